The summed E-state index contributed by atoms with van der Waals surface area (Å²) in [5, 5.41) is 166. The maximum Gasteiger partial charge on any atom is 0.251 e. The highest BCUT2D eigenvalue weighted by Crippen LogP contribution is 2.35. The molecule has 36 nitrogen and oxygen atoms in total. The second-order valence-corrected chi connectivity index (χ2v) is 25.1. The molecule has 4 fully saturated rings. The van der Waals surface area contributed by atoms with Crippen LogP contribution in [0.1, 0.15) is 111 Å². The van der Waals surface area contributed by atoms with Gasteiger partial charge in [-0.1, -0.05) is 44.4 Å². The molecule has 5 rings (SSSR count). The van der Waals surface area contributed by atoms with E-state index >= 15 is 0 Å². The van der Waals surface area contributed by atoms with Crippen molar-refractivity contribution in [1.29, 1.82) is 0 Å². The van der Waals surface area contributed by atoms with Gasteiger partial charge >= 0.3 is 0 Å². The first-order valence-electron chi connectivity index (χ1n) is 33.6. The third-order valence-corrected chi connectivity index (χ3v) is 17.0. The first kappa shape index (κ1) is 85.8. The zero-order valence-corrected chi connectivity index (χ0v) is 57.4. The molecule has 100 heavy (non-hydrogen) atoms. The Morgan fingerprint density at radius 2 is 1.08 bits per heavy atom. The number of unbranched alkanes of at least 4 members (excludes halogenated alkanes) is 5. The van der Waals surface area contributed by atoms with E-state index in [-0.39, 0.29) is 5.56 Å². The summed E-state index contributed by atoms with van der Waals surface area (Å²) in [6.45, 7) is 4.22. The van der Waals surface area contributed by atoms with Crippen molar-refractivity contribution in [2.75, 3.05) is 52.9 Å². The first-order chi connectivity index (χ1) is 47.6. The van der Waals surface area contributed by atoms with E-state index in [1.165, 1.54) is 45.7 Å². The molecule has 36 heteroatoms. The molecular weight excluding hydrogens is 1330 g/mol. The van der Waals surface area contributed by atoms with Gasteiger partial charge in [-0.25, -0.2) is 0 Å². The largest absolute Gasteiger partial charge is 0.494 e. The van der Waals surface area contributed by atoms with Gasteiger partial charge in [-0.15, -0.1) is 0 Å². The van der Waals surface area contributed by atoms with E-state index in [0.29, 0.717) is 18.8 Å². The molecule has 1 aromatic carbocycles. The van der Waals surface area contributed by atoms with Crippen LogP contribution in [-0.4, -0.2) is 326 Å². The Balaban J connectivity index is 1.37. The lowest BCUT2D eigenvalue weighted by molar-refractivity contribution is -0.362. The smallest absolute Gasteiger partial charge is 0.251 e. The van der Waals surface area contributed by atoms with Crippen molar-refractivity contribution in [3.05, 3.63) is 42.0 Å². The number of amides is 5. The summed E-state index contributed by atoms with van der Waals surface area (Å²) in [7, 11) is 0. The Kier molecular flexibility index (Phi) is 36.7. The van der Waals surface area contributed by atoms with Crippen LogP contribution >= 0.6 is 0 Å². The van der Waals surface area contributed by atoms with Crippen molar-refractivity contribution >= 4 is 29.5 Å². The molecule has 28 atom stereocenters. The number of benzene rings is 1. The van der Waals surface area contributed by atoms with Crippen LogP contribution in [-0.2, 0) is 71.3 Å². The number of carbonyl (C=O) groups is 5. The van der Waals surface area contributed by atoms with E-state index in [2.05, 4.69) is 45.7 Å². The average molecular weight is 1440 g/mol. The van der Waals surface area contributed by atoms with Crippen molar-refractivity contribution in [1.82, 2.24) is 26.6 Å². The predicted octanol–water partition coefficient (Wildman–Crippen LogP) is -6.10. The minimum atomic E-state index is -2.07. The lowest BCUT2D eigenvalue weighted by atomic mass is 9.93. The lowest BCUT2D eigenvalue weighted by Gasteiger charge is -2.50. The molecule has 0 saturated carbocycles. The predicted molar refractivity (Wildman–Crippen MR) is 342 cm³/mol. The summed E-state index contributed by atoms with van der Waals surface area (Å²) in [4.78, 5) is 64.6. The van der Waals surface area contributed by atoms with Crippen LogP contribution in [0.25, 0.3) is 0 Å². The van der Waals surface area contributed by atoms with E-state index < -0.39 is 248 Å². The van der Waals surface area contributed by atoms with Crippen molar-refractivity contribution in [3.8, 4) is 5.75 Å². The Hall–Kier alpha value is -4.89. The quantitative estimate of drug-likeness (QED) is 0.0165. The molecule has 4 aliphatic rings. The molecule has 0 aliphatic carbocycles. The summed E-state index contributed by atoms with van der Waals surface area (Å²) in [5.41, 5.74) is 0.129. The molecule has 1 aromatic rings. The zero-order chi connectivity index (χ0) is 74.1. The maximum absolute atomic E-state index is 13.9. The zero-order valence-electron chi connectivity index (χ0n) is 57.4. The molecular formula is C64H107N5O31. The minimum Gasteiger partial charge on any atom is -0.494 e. The number of rotatable bonds is 41. The topological polar surface area (TPSA) is 539 Å². The Bertz CT molecular complexity index is 2640. The second-order valence-electron chi connectivity index (χ2n) is 25.1. The fourth-order valence-electron chi connectivity index (χ4n) is 11.6. The van der Waals surface area contributed by atoms with Gasteiger partial charge in [0.1, 0.15) is 122 Å². The number of hydrogen-bond donors (Lipinski definition) is 19. The number of carbonyl (C=O) groups excluding carboxylic acids is 5. The second kappa shape index (κ2) is 42.8. The fraction of sp³-hybridized carbons (Fsp3) is 0.797. The number of ether oxygens (including phenoxy) is 12. The van der Waals surface area contributed by atoms with E-state index in [4.69, 9.17) is 56.8 Å². The van der Waals surface area contributed by atoms with Crippen LogP contribution in [0.2, 0.25) is 0 Å². The molecule has 0 bridgehead atoms. The summed E-state index contributed by atoms with van der Waals surface area (Å²) < 4.78 is 72.2. The van der Waals surface area contributed by atoms with Crippen LogP contribution in [0.4, 0.5) is 0 Å². The van der Waals surface area contributed by atoms with Crippen molar-refractivity contribution in [3.63, 3.8) is 0 Å². The number of aliphatic hydroxyl groups is 14. The van der Waals surface area contributed by atoms with Gasteiger partial charge < -0.3 is 155 Å². The van der Waals surface area contributed by atoms with Gasteiger partial charge in [-0.3, -0.25) is 24.0 Å². The van der Waals surface area contributed by atoms with Gasteiger partial charge in [0.15, 0.2) is 37.7 Å². The molecule has 574 valence electrons. The molecule has 4 saturated heterocycles. The van der Waals surface area contributed by atoms with Crippen molar-refractivity contribution in [2.45, 2.75) is 272 Å². The average Bonchev–Trinajstić information content (AvgIpc) is 0.773. The highest BCUT2D eigenvalue weighted by atomic mass is 16.8. The molecule has 4 aliphatic heterocycles. The van der Waals surface area contributed by atoms with Crippen LogP contribution in [0.3, 0.4) is 0 Å². The Morgan fingerprint density at radius 1 is 0.550 bits per heavy atom. The fourth-order valence-corrected chi connectivity index (χ4v) is 11.6. The SMILES string of the molecule is CCCCCC/C=C\CCCOc1cccc(C(=O)NC(C)[C@@H](OC(CO)[C@@H](O)CO)O[C@@H]2C(CO)O[C@@H](O[C@@H]3C(CO)O[C@@H](O[C@@H]4C(CO)O[C@@H](O[C@@H](CO)C(CO[C@@H]5OC(C)[C@@H](O)C(O)C5O)O[C@@H](O)C(C)NC(C)=O)C(NC(C)=O)C4O)C(NC(C)=O)C3O)C(NC(C)=O)C2O)c1. The molecule has 5 amide bonds. The van der Waals surface area contributed by atoms with Crippen molar-refractivity contribution < 1.29 is 152 Å². The van der Waals surface area contributed by atoms with E-state index in [9.17, 15) is 95.5 Å². The third-order valence-electron chi connectivity index (χ3n) is 17.0. The van der Waals surface area contributed by atoms with Crippen LogP contribution in [0.15, 0.2) is 36.4 Å². The highest BCUT2D eigenvalue weighted by Gasteiger charge is 2.56. The van der Waals surface area contributed by atoms with Gasteiger partial charge in [-0.2, -0.15) is 0 Å². The van der Waals surface area contributed by atoms with E-state index in [1.54, 1.807) is 12.1 Å². The molecule has 0 radical (unpaired) electrons. The maximum atomic E-state index is 13.9. The summed E-state index contributed by atoms with van der Waals surface area (Å²) in [5.74, 6) is -3.36. The molecule has 0 spiro atoms. The minimum absolute atomic E-state index is 0.129. The third kappa shape index (κ3) is 24.9. The van der Waals surface area contributed by atoms with Crippen LogP contribution in [0.5, 0.6) is 5.75 Å². The molecule has 19 N–H and O–H groups in total. The Morgan fingerprint density at radius 3 is 1.60 bits per heavy atom. The molecule has 4 heterocycles. The van der Waals surface area contributed by atoms with Gasteiger partial charge in [-0.05, 0) is 64.7 Å². The van der Waals surface area contributed by atoms with Gasteiger partial charge in [0.25, 0.3) is 5.91 Å². The summed E-state index contributed by atoms with van der Waals surface area (Å²) in [6, 6.07) is -1.40. The van der Waals surface area contributed by atoms with Gasteiger partial charge in [0, 0.05) is 33.3 Å². The van der Waals surface area contributed by atoms with Gasteiger partial charge in [0.05, 0.1) is 71.0 Å². The lowest BCUT2D eigenvalue weighted by Crippen LogP contribution is -2.71. The van der Waals surface area contributed by atoms with Crippen LogP contribution in [0, 0.1) is 0 Å². The van der Waals surface area contributed by atoms with E-state index in [0.717, 1.165) is 53.4 Å². The first-order valence-corrected chi connectivity index (χ1v) is 33.6. The number of hydrogen-bond acceptors (Lipinski definition) is 31. The Labute approximate surface area is 579 Å². The van der Waals surface area contributed by atoms with E-state index in [1.807, 2.05) is 0 Å². The number of nitrogens with one attached hydrogen (secondary N) is 5. The number of aliphatic hydroxyl groups excluding tert-OH is 14. The van der Waals surface area contributed by atoms with Crippen LogP contribution < -0.4 is 31.3 Å². The summed E-state index contributed by atoms with van der Waals surface area (Å²) >= 11 is 0. The number of allylic oxidation sites excluding steroid dienone is 2. The monoisotopic (exact) mass is 1440 g/mol. The van der Waals surface area contributed by atoms with Crippen molar-refractivity contribution in [2.24, 2.45) is 0 Å². The summed E-state index contributed by atoms with van der Waals surface area (Å²) in [6.07, 6.45) is -29.3. The molecule has 16 unspecified atom stereocenters. The normalized spacial score (nSPS) is 32.7. The molecule has 0 aromatic heterocycles. The highest BCUT2D eigenvalue weighted by molar-refractivity contribution is 5.94. The van der Waals surface area contributed by atoms with Gasteiger partial charge in [0.2, 0.25) is 23.6 Å². The standard InChI is InChI=1S/C64H107N5O31/c1-9-10-11-12-13-14-15-16-17-21-89-38-20-18-19-37(22-38)58(87)66-31(3)60(93-40(24-71)39(80)23-70)98-55-42(26-73)96-62(47(51(55)83)68-35(7)78)100-57-44(28-75)97-63(48(52(57)84)69-36(8)79)99-56-43(27-74)95-61(46(50(56)82)67-34(6)77)94-41(25-72)45(92-59(88)30(2)65-33(5)76)29-90-64-54(86)53(85)49(81)32(4)91-64/h14-15,18-20,22,30-32,39-57,59-64,70-75,80-86,88H,9-13,16-17,21,23-29H2,1-8H3,(H,65,76)(H,66,87)(H,67,77)(H,68,78)(H,69,79)/b15-14-/t30?,31?,32?,39-,40?,41-,42?,43?,44?,45?,46?,47?,48?,49+,50?,51?,52?,53?,54?,55+,56+,57+,59+,60-,61+,62-,63-,64+/m0/s1.